The zero-order valence-corrected chi connectivity index (χ0v) is 11.1. The molecule has 0 aliphatic carbocycles. The van der Waals surface area contributed by atoms with E-state index in [9.17, 15) is 0 Å². The molecule has 0 saturated carbocycles. The average Bonchev–Trinajstić information content (AvgIpc) is 2.80. The van der Waals surface area contributed by atoms with Gasteiger partial charge in [-0.05, 0) is 31.2 Å². The van der Waals surface area contributed by atoms with E-state index in [1.165, 1.54) is 10.9 Å². The molecule has 0 aliphatic rings. The number of hydrogen-bond acceptors (Lipinski definition) is 2. The SMILES string of the molecule is C=CCN(C)CCc1c[nH]c2cccc(OC)c12. The first kappa shape index (κ1) is 12.7. The van der Waals surface area contributed by atoms with Crippen LogP contribution in [-0.4, -0.2) is 37.1 Å². The van der Waals surface area contributed by atoms with Crippen molar-refractivity contribution in [3.63, 3.8) is 0 Å². The normalized spacial score (nSPS) is 11.1. The van der Waals surface area contributed by atoms with Crippen molar-refractivity contribution >= 4 is 10.9 Å². The highest BCUT2D eigenvalue weighted by molar-refractivity contribution is 5.89. The third-order valence-electron chi connectivity index (χ3n) is 3.17. The third-order valence-corrected chi connectivity index (χ3v) is 3.17. The number of aromatic amines is 1. The fourth-order valence-electron chi connectivity index (χ4n) is 2.21. The van der Waals surface area contributed by atoms with Crippen LogP contribution in [0.15, 0.2) is 37.1 Å². The van der Waals surface area contributed by atoms with Gasteiger partial charge in [-0.1, -0.05) is 12.1 Å². The van der Waals surface area contributed by atoms with Gasteiger partial charge >= 0.3 is 0 Å². The fraction of sp³-hybridized carbons (Fsp3) is 0.333. The number of hydrogen-bond donors (Lipinski definition) is 1. The van der Waals surface area contributed by atoms with E-state index in [1.54, 1.807) is 7.11 Å². The minimum Gasteiger partial charge on any atom is -0.496 e. The second-order valence-electron chi connectivity index (χ2n) is 4.50. The molecule has 2 rings (SSSR count). The number of methoxy groups -OCH3 is 1. The molecule has 2 aromatic rings. The van der Waals surface area contributed by atoms with Crippen LogP contribution in [0, 0.1) is 0 Å². The van der Waals surface area contributed by atoms with Gasteiger partial charge in [0.2, 0.25) is 0 Å². The molecule has 1 N–H and O–H groups in total. The van der Waals surface area contributed by atoms with Crippen molar-refractivity contribution in [2.75, 3.05) is 27.2 Å². The topological polar surface area (TPSA) is 28.3 Å². The summed E-state index contributed by atoms with van der Waals surface area (Å²) >= 11 is 0. The molecule has 96 valence electrons. The summed E-state index contributed by atoms with van der Waals surface area (Å²) in [7, 11) is 3.82. The standard InChI is InChI=1S/C15H20N2O/c1-4-9-17(2)10-8-12-11-16-13-6-5-7-14(18-3)15(12)13/h4-7,11,16H,1,8-10H2,2-3H3. The van der Waals surface area contributed by atoms with Crippen LogP contribution in [0.3, 0.4) is 0 Å². The lowest BCUT2D eigenvalue weighted by Gasteiger charge is -2.13. The Balaban J connectivity index is 2.20. The Morgan fingerprint density at radius 2 is 2.28 bits per heavy atom. The number of aromatic nitrogens is 1. The van der Waals surface area contributed by atoms with Crippen molar-refractivity contribution in [1.82, 2.24) is 9.88 Å². The third kappa shape index (κ3) is 2.57. The highest BCUT2D eigenvalue weighted by Crippen LogP contribution is 2.28. The van der Waals surface area contributed by atoms with Gasteiger partial charge in [0.25, 0.3) is 0 Å². The number of rotatable bonds is 6. The predicted octanol–water partition coefficient (Wildman–Crippen LogP) is 2.84. The second-order valence-corrected chi connectivity index (χ2v) is 4.50. The Hall–Kier alpha value is -1.74. The average molecular weight is 244 g/mol. The molecule has 0 atom stereocenters. The van der Waals surface area contributed by atoms with E-state index in [4.69, 9.17) is 4.74 Å². The molecular weight excluding hydrogens is 224 g/mol. The fourth-order valence-corrected chi connectivity index (χ4v) is 2.21. The van der Waals surface area contributed by atoms with Crippen molar-refractivity contribution in [1.29, 1.82) is 0 Å². The van der Waals surface area contributed by atoms with Gasteiger partial charge < -0.3 is 14.6 Å². The van der Waals surface area contributed by atoms with Crippen molar-refractivity contribution in [2.24, 2.45) is 0 Å². The minimum atomic E-state index is 0.916. The first-order chi connectivity index (χ1) is 8.76. The van der Waals surface area contributed by atoms with E-state index in [2.05, 4.69) is 35.8 Å². The molecule has 0 unspecified atom stereocenters. The molecule has 0 bridgehead atoms. The highest BCUT2D eigenvalue weighted by Gasteiger charge is 2.09. The van der Waals surface area contributed by atoms with Crippen LogP contribution >= 0.6 is 0 Å². The highest BCUT2D eigenvalue weighted by atomic mass is 16.5. The summed E-state index contributed by atoms with van der Waals surface area (Å²) in [6.07, 6.45) is 5.01. The lowest BCUT2D eigenvalue weighted by molar-refractivity contribution is 0.375. The zero-order valence-electron chi connectivity index (χ0n) is 11.1. The zero-order chi connectivity index (χ0) is 13.0. The Bertz CT molecular complexity index is 530. The number of ether oxygens (including phenoxy) is 1. The summed E-state index contributed by atoms with van der Waals surface area (Å²) in [6.45, 7) is 5.68. The first-order valence-electron chi connectivity index (χ1n) is 6.18. The predicted molar refractivity (Wildman–Crippen MR) is 76.2 cm³/mol. The van der Waals surface area contributed by atoms with Crippen LogP contribution < -0.4 is 4.74 Å². The van der Waals surface area contributed by atoms with Crippen molar-refractivity contribution in [3.05, 3.63) is 42.6 Å². The molecule has 0 amide bonds. The van der Waals surface area contributed by atoms with Gasteiger partial charge in [-0.25, -0.2) is 0 Å². The number of nitrogens with one attached hydrogen (secondary N) is 1. The number of fused-ring (bicyclic) bond motifs is 1. The molecule has 3 heteroatoms. The van der Waals surface area contributed by atoms with Gasteiger partial charge in [-0.3, -0.25) is 0 Å². The van der Waals surface area contributed by atoms with Crippen molar-refractivity contribution in [2.45, 2.75) is 6.42 Å². The van der Waals surface area contributed by atoms with Gasteiger partial charge in [0, 0.05) is 30.2 Å². The molecule has 0 radical (unpaired) electrons. The molecular formula is C15H20N2O. The van der Waals surface area contributed by atoms with E-state index >= 15 is 0 Å². The Labute approximate surface area is 108 Å². The van der Waals surface area contributed by atoms with E-state index in [0.717, 1.165) is 30.8 Å². The van der Waals surface area contributed by atoms with Gasteiger partial charge in [0.05, 0.1) is 7.11 Å². The molecule has 0 spiro atoms. The molecule has 1 aromatic heterocycles. The van der Waals surface area contributed by atoms with Crippen LogP contribution in [0.2, 0.25) is 0 Å². The molecule has 0 saturated heterocycles. The number of likely N-dealkylation sites (N-methyl/N-ethyl adjacent to an activating group) is 1. The molecule has 1 heterocycles. The Morgan fingerprint density at radius 3 is 3.00 bits per heavy atom. The smallest absolute Gasteiger partial charge is 0.128 e. The van der Waals surface area contributed by atoms with E-state index in [1.807, 2.05) is 18.2 Å². The Kier molecular flexibility index (Phi) is 4.05. The minimum absolute atomic E-state index is 0.916. The lowest BCUT2D eigenvalue weighted by atomic mass is 10.1. The van der Waals surface area contributed by atoms with Crippen molar-refractivity contribution in [3.8, 4) is 5.75 Å². The number of benzene rings is 1. The van der Waals surface area contributed by atoms with Crippen LogP contribution in [-0.2, 0) is 6.42 Å². The van der Waals surface area contributed by atoms with E-state index < -0.39 is 0 Å². The summed E-state index contributed by atoms with van der Waals surface area (Å²) in [4.78, 5) is 5.55. The molecule has 0 aliphatic heterocycles. The summed E-state index contributed by atoms with van der Waals surface area (Å²) in [5.41, 5.74) is 2.44. The maximum Gasteiger partial charge on any atom is 0.128 e. The maximum absolute atomic E-state index is 5.43. The van der Waals surface area contributed by atoms with E-state index in [-0.39, 0.29) is 0 Å². The van der Waals surface area contributed by atoms with Gasteiger partial charge in [-0.15, -0.1) is 6.58 Å². The largest absolute Gasteiger partial charge is 0.496 e. The summed E-state index contributed by atoms with van der Waals surface area (Å²) < 4.78 is 5.43. The number of H-pyrrole nitrogens is 1. The van der Waals surface area contributed by atoms with Crippen LogP contribution in [0.5, 0.6) is 5.75 Å². The summed E-state index contributed by atoms with van der Waals surface area (Å²) in [5, 5.41) is 1.20. The quantitative estimate of drug-likeness (QED) is 0.791. The Morgan fingerprint density at radius 1 is 1.44 bits per heavy atom. The number of nitrogens with zero attached hydrogens (tertiary/aromatic N) is 1. The van der Waals surface area contributed by atoms with Crippen LogP contribution in [0.25, 0.3) is 10.9 Å². The molecule has 0 fully saturated rings. The summed E-state index contributed by atoms with van der Waals surface area (Å²) in [5.74, 6) is 0.940. The first-order valence-corrected chi connectivity index (χ1v) is 6.18. The lowest BCUT2D eigenvalue weighted by Crippen LogP contribution is -2.20. The summed E-state index contributed by atoms with van der Waals surface area (Å²) in [6, 6.07) is 6.09. The van der Waals surface area contributed by atoms with Gasteiger partial charge in [-0.2, -0.15) is 0 Å². The molecule has 1 aromatic carbocycles. The maximum atomic E-state index is 5.43. The second kappa shape index (κ2) is 5.74. The van der Waals surface area contributed by atoms with Gasteiger partial charge in [0.1, 0.15) is 5.75 Å². The van der Waals surface area contributed by atoms with Gasteiger partial charge in [0.15, 0.2) is 0 Å². The monoisotopic (exact) mass is 244 g/mol. The van der Waals surface area contributed by atoms with E-state index in [0.29, 0.717) is 0 Å². The molecule has 3 nitrogen and oxygen atoms in total. The van der Waals surface area contributed by atoms with Crippen molar-refractivity contribution < 1.29 is 4.74 Å². The van der Waals surface area contributed by atoms with Crippen LogP contribution in [0.4, 0.5) is 0 Å². The molecule has 18 heavy (non-hydrogen) atoms. The van der Waals surface area contributed by atoms with Crippen LogP contribution in [0.1, 0.15) is 5.56 Å².